The van der Waals surface area contributed by atoms with Gasteiger partial charge in [0.25, 0.3) is 5.91 Å². The summed E-state index contributed by atoms with van der Waals surface area (Å²) in [6.45, 7) is 3.44. The Kier molecular flexibility index (Phi) is 7.61. The van der Waals surface area contributed by atoms with Gasteiger partial charge in [-0.25, -0.2) is 4.39 Å². The fraction of sp³-hybridized carbons (Fsp3) is 0.600. The van der Waals surface area contributed by atoms with Gasteiger partial charge in [-0.15, -0.1) is 24.0 Å². The molecule has 1 saturated carbocycles. The first-order chi connectivity index (χ1) is 13.6. The van der Waals surface area contributed by atoms with Crippen LogP contribution in [0.5, 0.6) is 0 Å². The van der Waals surface area contributed by atoms with Crippen molar-refractivity contribution in [2.75, 3.05) is 39.8 Å². The maximum absolute atomic E-state index is 14.1. The third-order valence-electron chi connectivity index (χ3n) is 5.78. The first kappa shape index (κ1) is 22.6. The molecule has 3 atom stereocenters. The molecule has 9 heteroatoms. The molecular formula is C20H27ClFIN4O2. The number of benzene rings is 1. The number of piperazine rings is 1. The highest BCUT2D eigenvalue weighted by molar-refractivity contribution is 14.0. The first-order valence-electron chi connectivity index (χ1n) is 9.91. The summed E-state index contributed by atoms with van der Waals surface area (Å²) in [7, 11) is 1.75. The molecule has 3 aliphatic rings. The Bertz CT molecular complexity index is 747. The van der Waals surface area contributed by atoms with Crippen molar-refractivity contribution in [3.8, 4) is 0 Å². The number of guanidine groups is 1. The summed E-state index contributed by atoms with van der Waals surface area (Å²) >= 11 is 6.19. The van der Waals surface area contributed by atoms with Crippen LogP contribution in [0.25, 0.3) is 0 Å². The number of nitrogens with zero attached hydrogens (tertiary/aromatic N) is 3. The summed E-state index contributed by atoms with van der Waals surface area (Å²) in [5.74, 6) is 0.714. The summed E-state index contributed by atoms with van der Waals surface area (Å²) in [6.07, 6.45) is 2.35. The van der Waals surface area contributed by atoms with E-state index >= 15 is 0 Å². The quantitative estimate of drug-likeness (QED) is 0.367. The van der Waals surface area contributed by atoms with E-state index < -0.39 is 0 Å². The maximum Gasteiger partial charge on any atom is 0.251 e. The Morgan fingerprint density at radius 2 is 2.00 bits per heavy atom. The fourth-order valence-corrected chi connectivity index (χ4v) is 4.42. The highest BCUT2D eigenvalue weighted by atomic mass is 127. The number of halogens is 3. The van der Waals surface area contributed by atoms with Crippen molar-refractivity contribution in [3.63, 3.8) is 0 Å². The molecule has 0 aromatic heterocycles. The van der Waals surface area contributed by atoms with Crippen LogP contribution in [0, 0.1) is 5.82 Å². The molecular weight excluding hydrogens is 510 g/mol. The molecule has 1 aromatic carbocycles. The second kappa shape index (κ2) is 9.78. The minimum absolute atomic E-state index is 0. The molecule has 1 aromatic rings. The summed E-state index contributed by atoms with van der Waals surface area (Å²) in [4.78, 5) is 20.9. The van der Waals surface area contributed by atoms with Crippen LogP contribution in [0.1, 0.15) is 30.7 Å². The first-order valence-corrected chi connectivity index (χ1v) is 10.3. The van der Waals surface area contributed by atoms with E-state index in [4.69, 9.17) is 16.3 Å². The van der Waals surface area contributed by atoms with Crippen molar-refractivity contribution in [3.05, 3.63) is 34.6 Å². The van der Waals surface area contributed by atoms with E-state index in [0.717, 1.165) is 38.3 Å². The van der Waals surface area contributed by atoms with Crippen LogP contribution in [-0.4, -0.2) is 73.6 Å². The Labute approximate surface area is 192 Å². The van der Waals surface area contributed by atoms with E-state index in [1.807, 2.05) is 4.90 Å². The molecule has 3 unspecified atom stereocenters. The molecule has 1 aliphatic carbocycles. The van der Waals surface area contributed by atoms with Crippen molar-refractivity contribution in [1.29, 1.82) is 0 Å². The van der Waals surface area contributed by atoms with Crippen molar-refractivity contribution < 1.29 is 13.9 Å². The topological polar surface area (TPSA) is 57.2 Å². The molecule has 2 aliphatic heterocycles. The van der Waals surface area contributed by atoms with Gasteiger partial charge in [0.05, 0.1) is 0 Å². The minimum atomic E-state index is -0.262. The number of carbonyl (C=O) groups excluding carboxylic acids is 1. The molecule has 0 spiro atoms. The smallest absolute Gasteiger partial charge is 0.251 e. The number of hydrogen-bond acceptors (Lipinski definition) is 3. The fourth-order valence-electron chi connectivity index (χ4n) is 4.12. The predicted octanol–water partition coefficient (Wildman–Crippen LogP) is 2.85. The summed E-state index contributed by atoms with van der Waals surface area (Å²) in [5.41, 5.74) is 0.587. The molecule has 0 bridgehead atoms. The lowest BCUT2D eigenvalue weighted by molar-refractivity contribution is -0.142. The number of ether oxygens (including phenoxy) is 1. The second-order valence-corrected chi connectivity index (χ2v) is 8.00. The average molecular weight is 537 g/mol. The van der Waals surface area contributed by atoms with Crippen LogP contribution in [-0.2, 0) is 9.53 Å². The van der Waals surface area contributed by atoms with Crippen molar-refractivity contribution in [2.24, 2.45) is 4.99 Å². The predicted molar refractivity (Wildman–Crippen MR) is 122 cm³/mol. The van der Waals surface area contributed by atoms with Gasteiger partial charge in [-0.3, -0.25) is 9.79 Å². The standard InChI is InChI=1S/C20H26ClFN4O2.HI/c1-23-20(24-16-12-13(16)18-14(21)4-2-5-15(18)22)26-9-7-25(8-10-26)19(27)17-6-3-11-28-17;/h2,4-5,13,16-17H,3,6-12H2,1H3,(H,23,24);1H. The van der Waals surface area contributed by atoms with Gasteiger partial charge in [-0.1, -0.05) is 17.7 Å². The zero-order valence-electron chi connectivity index (χ0n) is 16.4. The molecule has 160 valence electrons. The van der Waals surface area contributed by atoms with Gasteiger partial charge in [0, 0.05) is 62.4 Å². The van der Waals surface area contributed by atoms with E-state index in [9.17, 15) is 9.18 Å². The molecule has 29 heavy (non-hydrogen) atoms. The molecule has 1 N–H and O–H groups in total. The largest absolute Gasteiger partial charge is 0.368 e. The van der Waals surface area contributed by atoms with Gasteiger partial charge in [0.1, 0.15) is 11.9 Å². The van der Waals surface area contributed by atoms with Crippen LogP contribution < -0.4 is 5.32 Å². The lowest BCUT2D eigenvalue weighted by atomic mass is 10.1. The molecule has 4 rings (SSSR count). The SMILES string of the molecule is CN=C(NC1CC1c1c(F)cccc1Cl)N1CCN(C(=O)C2CCCO2)CC1.I. The zero-order valence-corrected chi connectivity index (χ0v) is 19.5. The maximum atomic E-state index is 14.1. The highest BCUT2D eigenvalue weighted by Gasteiger charge is 2.42. The number of hydrogen-bond donors (Lipinski definition) is 1. The van der Waals surface area contributed by atoms with Crippen LogP contribution in [0.4, 0.5) is 4.39 Å². The van der Waals surface area contributed by atoms with Gasteiger partial charge in [-0.2, -0.15) is 0 Å². The van der Waals surface area contributed by atoms with Gasteiger partial charge in [-0.05, 0) is 31.4 Å². The molecule has 2 heterocycles. The monoisotopic (exact) mass is 536 g/mol. The highest BCUT2D eigenvalue weighted by Crippen LogP contribution is 2.45. The van der Waals surface area contributed by atoms with Gasteiger partial charge in [0.2, 0.25) is 0 Å². The zero-order chi connectivity index (χ0) is 19.7. The van der Waals surface area contributed by atoms with Gasteiger partial charge < -0.3 is 19.9 Å². The van der Waals surface area contributed by atoms with Crippen molar-refractivity contribution in [2.45, 2.75) is 37.3 Å². The Morgan fingerprint density at radius 1 is 1.28 bits per heavy atom. The number of rotatable bonds is 3. The molecule has 3 fully saturated rings. The Hall–Kier alpha value is -1.13. The van der Waals surface area contributed by atoms with E-state index in [-0.39, 0.29) is 53.8 Å². The van der Waals surface area contributed by atoms with Crippen LogP contribution in [0.2, 0.25) is 5.02 Å². The van der Waals surface area contributed by atoms with Crippen LogP contribution in [0.15, 0.2) is 23.2 Å². The Morgan fingerprint density at radius 3 is 2.62 bits per heavy atom. The minimum Gasteiger partial charge on any atom is -0.368 e. The van der Waals surface area contributed by atoms with Crippen molar-refractivity contribution in [1.82, 2.24) is 15.1 Å². The molecule has 1 amide bonds. The summed E-state index contributed by atoms with van der Waals surface area (Å²) in [5, 5.41) is 3.91. The van der Waals surface area contributed by atoms with Gasteiger partial charge in [0.15, 0.2) is 5.96 Å². The second-order valence-electron chi connectivity index (χ2n) is 7.59. The summed E-state index contributed by atoms with van der Waals surface area (Å²) in [6, 6.07) is 4.94. The van der Waals surface area contributed by atoms with E-state index in [2.05, 4.69) is 15.2 Å². The number of amides is 1. The van der Waals surface area contributed by atoms with Gasteiger partial charge >= 0.3 is 0 Å². The van der Waals surface area contributed by atoms with Crippen LogP contribution in [0.3, 0.4) is 0 Å². The number of nitrogens with one attached hydrogen (secondary N) is 1. The average Bonchev–Trinajstić information content (AvgIpc) is 3.22. The Balaban J connectivity index is 0.00000240. The lowest BCUT2D eigenvalue weighted by Gasteiger charge is -2.37. The number of aliphatic imine (C=N–C) groups is 1. The van der Waals surface area contributed by atoms with Crippen LogP contribution >= 0.6 is 35.6 Å². The van der Waals surface area contributed by atoms with E-state index in [1.165, 1.54) is 6.07 Å². The third kappa shape index (κ3) is 4.96. The molecule has 6 nitrogen and oxygen atoms in total. The van der Waals surface area contributed by atoms with Crippen molar-refractivity contribution >= 4 is 47.4 Å². The summed E-state index contributed by atoms with van der Waals surface area (Å²) < 4.78 is 19.6. The lowest BCUT2D eigenvalue weighted by Crippen LogP contribution is -2.55. The van der Waals surface area contributed by atoms with E-state index in [0.29, 0.717) is 30.3 Å². The number of carbonyl (C=O) groups is 1. The third-order valence-corrected chi connectivity index (χ3v) is 6.11. The van der Waals surface area contributed by atoms with E-state index in [1.54, 1.807) is 19.2 Å². The molecule has 0 radical (unpaired) electrons. The normalized spacial score (nSPS) is 26.9. The molecule has 2 saturated heterocycles.